The molecule has 1 atom stereocenters. The van der Waals surface area contributed by atoms with Crippen LogP contribution in [0.25, 0.3) is 0 Å². The van der Waals surface area contributed by atoms with E-state index in [1.807, 2.05) is 13.8 Å². The number of ether oxygens (including phenoxy) is 1. The minimum absolute atomic E-state index is 0. The molecule has 5 nitrogen and oxygen atoms in total. The number of hydrogen-bond acceptors (Lipinski definition) is 4. The Bertz CT molecular complexity index is 305. The summed E-state index contributed by atoms with van der Waals surface area (Å²) in [6, 6.07) is -0.537. The molecule has 118 valence electrons. The summed E-state index contributed by atoms with van der Waals surface area (Å²) in [6.45, 7) is 5.88. The van der Waals surface area contributed by atoms with Crippen LogP contribution in [-0.4, -0.2) is 38.1 Å². The van der Waals surface area contributed by atoms with Crippen LogP contribution < -0.4 is 10.6 Å². The molecule has 0 aliphatic carbocycles. The van der Waals surface area contributed by atoms with Crippen LogP contribution in [0.2, 0.25) is 0 Å². The monoisotopic (exact) mass is 306 g/mol. The van der Waals surface area contributed by atoms with Crippen molar-refractivity contribution in [3.8, 4) is 0 Å². The van der Waals surface area contributed by atoms with Gasteiger partial charge in [-0.25, -0.2) is 4.79 Å². The van der Waals surface area contributed by atoms with Gasteiger partial charge in [-0.15, -0.1) is 12.4 Å². The highest BCUT2D eigenvalue weighted by molar-refractivity contribution is 5.85. The molecule has 0 bridgehead atoms. The average molecular weight is 307 g/mol. The van der Waals surface area contributed by atoms with Crippen LogP contribution in [0, 0.1) is 11.8 Å². The highest BCUT2D eigenvalue weighted by Crippen LogP contribution is 2.17. The lowest BCUT2D eigenvalue weighted by Gasteiger charge is -2.23. The zero-order valence-corrected chi connectivity index (χ0v) is 13.4. The van der Waals surface area contributed by atoms with E-state index in [9.17, 15) is 9.59 Å². The summed E-state index contributed by atoms with van der Waals surface area (Å²) in [5, 5.41) is 6.09. The molecule has 0 spiro atoms. The number of amides is 1. The van der Waals surface area contributed by atoms with Crippen molar-refractivity contribution in [1.82, 2.24) is 10.6 Å². The molecule has 1 rings (SSSR count). The summed E-state index contributed by atoms with van der Waals surface area (Å²) in [5.41, 5.74) is 0. The standard InChI is InChI=1S/C14H26N2O3.ClH/c1-10(2)13(14(18)19-3)16-12(17)5-4-11-6-8-15-9-7-11;/h10-11,13,15H,4-9H2,1-3H3,(H,16,17);1H. The van der Waals surface area contributed by atoms with Crippen LogP contribution in [0.3, 0.4) is 0 Å². The Balaban J connectivity index is 0.00000361. The number of esters is 1. The first kappa shape index (κ1) is 19.2. The van der Waals surface area contributed by atoms with Crippen LogP contribution in [-0.2, 0) is 14.3 Å². The van der Waals surface area contributed by atoms with Gasteiger partial charge >= 0.3 is 5.97 Å². The Hall–Kier alpha value is -0.810. The van der Waals surface area contributed by atoms with Gasteiger partial charge in [0.1, 0.15) is 6.04 Å². The van der Waals surface area contributed by atoms with Crippen molar-refractivity contribution in [2.75, 3.05) is 20.2 Å². The number of nitrogens with one attached hydrogen (secondary N) is 2. The average Bonchev–Trinajstić information content (AvgIpc) is 2.42. The Morgan fingerprint density at radius 1 is 1.30 bits per heavy atom. The van der Waals surface area contributed by atoms with E-state index in [-0.39, 0.29) is 30.2 Å². The molecule has 1 amide bonds. The van der Waals surface area contributed by atoms with Crippen LogP contribution in [0.15, 0.2) is 0 Å². The van der Waals surface area contributed by atoms with Gasteiger partial charge in [0.25, 0.3) is 0 Å². The van der Waals surface area contributed by atoms with Gasteiger partial charge in [0.2, 0.25) is 5.91 Å². The normalized spacial score (nSPS) is 17.2. The third-order valence-corrected chi connectivity index (χ3v) is 3.68. The van der Waals surface area contributed by atoms with E-state index in [1.54, 1.807) is 0 Å². The summed E-state index contributed by atoms with van der Waals surface area (Å²) >= 11 is 0. The van der Waals surface area contributed by atoms with Gasteiger partial charge in [0.15, 0.2) is 0 Å². The molecule has 0 radical (unpaired) electrons. The predicted octanol–water partition coefficient (Wildman–Crippen LogP) is 1.50. The smallest absolute Gasteiger partial charge is 0.328 e. The Morgan fingerprint density at radius 3 is 2.40 bits per heavy atom. The van der Waals surface area contributed by atoms with Crippen LogP contribution in [0.5, 0.6) is 0 Å². The van der Waals surface area contributed by atoms with Crippen molar-refractivity contribution in [3.05, 3.63) is 0 Å². The second-order valence-electron chi connectivity index (χ2n) is 5.54. The van der Waals surface area contributed by atoms with Gasteiger partial charge in [-0.3, -0.25) is 4.79 Å². The molecule has 0 saturated carbocycles. The van der Waals surface area contributed by atoms with E-state index in [0.717, 1.165) is 32.4 Å². The molecule has 1 heterocycles. The molecule has 1 unspecified atom stereocenters. The van der Waals surface area contributed by atoms with Gasteiger partial charge < -0.3 is 15.4 Å². The lowest BCUT2D eigenvalue weighted by atomic mass is 9.93. The van der Waals surface area contributed by atoms with Gasteiger partial charge in [-0.05, 0) is 44.2 Å². The molecule has 1 aliphatic heterocycles. The van der Waals surface area contributed by atoms with Crippen LogP contribution in [0.1, 0.15) is 39.5 Å². The number of hydrogen-bond donors (Lipinski definition) is 2. The second kappa shape index (κ2) is 10.00. The molecule has 0 aromatic carbocycles. The van der Waals surface area contributed by atoms with E-state index in [0.29, 0.717) is 12.3 Å². The van der Waals surface area contributed by atoms with Crippen molar-refractivity contribution in [1.29, 1.82) is 0 Å². The fraction of sp³-hybridized carbons (Fsp3) is 0.857. The van der Waals surface area contributed by atoms with Crippen molar-refractivity contribution in [2.24, 2.45) is 11.8 Å². The van der Waals surface area contributed by atoms with E-state index in [1.165, 1.54) is 7.11 Å². The van der Waals surface area contributed by atoms with Gasteiger partial charge in [-0.1, -0.05) is 13.8 Å². The molecule has 0 aromatic heterocycles. The molecule has 0 aromatic rings. The molecule has 1 saturated heterocycles. The first-order valence-corrected chi connectivity index (χ1v) is 7.12. The maximum absolute atomic E-state index is 11.9. The summed E-state index contributed by atoms with van der Waals surface area (Å²) < 4.78 is 4.71. The minimum Gasteiger partial charge on any atom is -0.467 e. The second-order valence-corrected chi connectivity index (χ2v) is 5.54. The van der Waals surface area contributed by atoms with Gasteiger partial charge in [0, 0.05) is 6.42 Å². The third-order valence-electron chi connectivity index (χ3n) is 3.68. The summed E-state index contributed by atoms with van der Waals surface area (Å²) in [5.74, 6) is 0.241. The number of piperidine rings is 1. The topological polar surface area (TPSA) is 67.4 Å². The molecule has 1 aliphatic rings. The number of halogens is 1. The maximum atomic E-state index is 11.9. The van der Waals surface area contributed by atoms with Crippen molar-refractivity contribution in [2.45, 2.75) is 45.6 Å². The van der Waals surface area contributed by atoms with Crippen molar-refractivity contribution in [3.63, 3.8) is 0 Å². The van der Waals surface area contributed by atoms with Gasteiger partial charge in [0.05, 0.1) is 7.11 Å². The molecular formula is C14H27ClN2O3. The van der Waals surface area contributed by atoms with Crippen LogP contribution >= 0.6 is 12.4 Å². The first-order valence-electron chi connectivity index (χ1n) is 7.12. The maximum Gasteiger partial charge on any atom is 0.328 e. The molecule has 1 fully saturated rings. The SMILES string of the molecule is COC(=O)C(NC(=O)CCC1CCNCC1)C(C)C.Cl. The molecule has 2 N–H and O–H groups in total. The largest absolute Gasteiger partial charge is 0.467 e. The van der Waals surface area contributed by atoms with E-state index < -0.39 is 6.04 Å². The number of methoxy groups -OCH3 is 1. The van der Waals surface area contributed by atoms with E-state index in [4.69, 9.17) is 4.74 Å². The Kier molecular flexibility index (Phi) is 9.59. The summed E-state index contributed by atoms with van der Waals surface area (Å²) in [6.07, 6.45) is 3.67. The van der Waals surface area contributed by atoms with E-state index >= 15 is 0 Å². The van der Waals surface area contributed by atoms with E-state index in [2.05, 4.69) is 10.6 Å². The lowest BCUT2D eigenvalue weighted by molar-refractivity contribution is -0.146. The molecule has 20 heavy (non-hydrogen) atoms. The quantitative estimate of drug-likeness (QED) is 0.730. The van der Waals surface area contributed by atoms with Crippen molar-refractivity contribution >= 4 is 24.3 Å². The number of carbonyl (C=O) groups excluding carboxylic acids is 2. The zero-order chi connectivity index (χ0) is 14.3. The summed E-state index contributed by atoms with van der Waals surface area (Å²) in [7, 11) is 1.35. The highest BCUT2D eigenvalue weighted by Gasteiger charge is 2.25. The first-order chi connectivity index (χ1) is 9.04. The zero-order valence-electron chi connectivity index (χ0n) is 12.6. The predicted molar refractivity (Wildman–Crippen MR) is 80.9 cm³/mol. The Morgan fingerprint density at radius 2 is 1.90 bits per heavy atom. The fourth-order valence-corrected chi connectivity index (χ4v) is 2.38. The highest BCUT2D eigenvalue weighted by atomic mass is 35.5. The minimum atomic E-state index is -0.537. The summed E-state index contributed by atoms with van der Waals surface area (Å²) in [4.78, 5) is 23.4. The van der Waals surface area contributed by atoms with Gasteiger partial charge in [-0.2, -0.15) is 0 Å². The van der Waals surface area contributed by atoms with Crippen molar-refractivity contribution < 1.29 is 14.3 Å². The van der Waals surface area contributed by atoms with Crippen LogP contribution in [0.4, 0.5) is 0 Å². The molecular weight excluding hydrogens is 280 g/mol. The Labute approximate surface area is 127 Å². The number of carbonyl (C=O) groups is 2. The molecule has 6 heteroatoms. The number of rotatable bonds is 6. The third kappa shape index (κ3) is 6.57. The lowest BCUT2D eigenvalue weighted by Crippen LogP contribution is -2.45. The fourth-order valence-electron chi connectivity index (χ4n) is 2.38.